The summed E-state index contributed by atoms with van der Waals surface area (Å²) >= 11 is 0. The van der Waals surface area contributed by atoms with Crippen molar-refractivity contribution in [1.82, 2.24) is 0 Å². The van der Waals surface area contributed by atoms with Crippen LogP contribution in [-0.4, -0.2) is 6.71 Å². The van der Waals surface area contributed by atoms with Crippen molar-refractivity contribution in [2.45, 2.75) is 32.6 Å². The van der Waals surface area contributed by atoms with Gasteiger partial charge in [-0.3, -0.25) is 0 Å². The Bertz CT molecular complexity index is 1330. The summed E-state index contributed by atoms with van der Waals surface area (Å²) in [6.07, 6.45) is 4.60. The number of furan rings is 1. The Balaban J connectivity index is 1.61. The fourth-order valence-electron chi connectivity index (χ4n) is 5.42. The van der Waals surface area contributed by atoms with Crippen molar-refractivity contribution in [3.8, 4) is 23.2 Å². The van der Waals surface area contributed by atoms with Crippen LogP contribution in [0.2, 0.25) is 0 Å². The Morgan fingerprint density at radius 3 is 2.72 bits per heavy atom. The molecular formula is C25H19BO3. The fourth-order valence-corrected chi connectivity index (χ4v) is 5.42. The largest absolute Gasteiger partial charge is 0.458 e. The number of fused-ring (bicyclic) bond motifs is 8. The minimum atomic E-state index is 0.0731. The zero-order valence-electron chi connectivity index (χ0n) is 16.2. The summed E-state index contributed by atoms with van der Waals surface area (Å²) in [5.41, 5.74) is 8.25. The smallest absolute Gasteiger partial charge is 0.285 e. The van der Waals surface area contributed by atoms with Crippen LogP contribution in [0.3, 0.4) is 0 Å². The lowest BCUT2D eigenvalue weighted by molar-refractivity contribution is 0.360. The molecule has 29 heavy (non-hydrogen) atoms. The maximum Gasteiger partial charge on any atom is 0.285 e. The van der Waals surface area contributed by atoms with Gasteiger partial charge in [-0.15, -0.1) is 0 Å². The normalized spacial score (nSPS) is 15.7. The summed E-state index contributed by atoms with van der Waals surface area (Å²) in [5, 5.41) is 1.14. The van der Waals surface area contributed by atoms with Crippen molar-refractivity contribution >= 4 is 34.1 Å². The highest BCUT2D eigenvalue weighted by atomic mass is 16.6. The Morgan fingerprint density at radius 2 is 1.76 bits per heavy atom. The van der Waals surface area contributed by atoms with Crippen LogP contribution in [0, 0.1) is 6.92 Å². The van der Waals surface area contributed by atoms with Crippen molar-refractivity contribution in [3.63, 3.8) is 0 Å². The first-order chi connectivity index (χ1) is 14.3. The number of aryl methyl sites for hydroxylation is 2. The maximum atomic E-state index is 6.54. The average Bonchev–Trinajstić information content (AvgIpc) is 3.13. The van der Waals surface area contributed by atoms with Crippen molar-refractivity contribution in [2.75, 3.05) is 0 Å². The number of hydrogen-bond acceptors (Lipinski definition) is 3. The van der Waals surface area contributed by atoms with Crippen molar-refractivity contribution in [3.05, 3.63) is 65.2 Å². The molecule has 0 amide bonds. The van der Waals surface area contributed by atoms with Gasteiger partial charge >= 0.3 is 0 Å². The average molecular weight is 378 g/mol. The first kappa shape index (κ1) is 15.7. The van der Waals surface area contributed by atoms with Gasteiger partial charge in [-0.05, 0) is 66.9 Å². The summed E-state index contributed by atoms with van der Waals surface area (Å²) in [4.78, 5) is 0. The quantitative estimate of drug-likeness (QED) is 0.369. The number of rotatable bonds is 0. The molecule has 3 aliphatic rings. The lowest BCUT2D eigenvalue weighted by Crippen LogP contribution is -2.57. The van der Waals surface area contributed by atoms with Crippen LogP contribution in [0.15, 0.2) is 52.9 Å². The van der Waals surface area contributed by atoms with E-state index in [1.165, 1.54) is 34.9 Å². The highest BCUT2D eigenvalue weighted by Crippen LogP contribution is 2.42. The molecule has 0 bridgehead atoms. The van der Waals surface area contributed by atoms with E-state index in [4.69, 9.17) is 13.9 Å². The molecule has 0 N–H and O–H groups in total. The molecule has 140 valence electrons. The van der Waals surface area contributed by atoms with Gasteiger partial charge < -0.3 is 13.9 Å². The van der Waals surface area contributed by atoms with E-state index in [0.29, 0.717) is 5.95 Å². The zero-order valence-corrected chi connectivity index (χ0v) is 16.2. The van der Waals surface area contributed by atoms with Gasteiger partial charge in [0.1, 0.15) is 22.8 Å². The minimum absolute atomic E-state index is 0.0731. The third-order valence-electron chi connectivity index (χ3n) is 6.74. The Hall–Kier alpha value is -3.14. The van der Waals surface area contributed by atoms with Gasteiger partial charge in [0, 0.05) is 16.3 Å². The van der Waals surface area contributed by atoms with E-state index in [0.717, 1.165) is 52.1 Å². The second-order valence-corrected chi connectivity index (χ2v) is 8.39. The molecule has 4 heteroatoms. The molecule has 0 saturated carbocycles. The number of hydrogen-bond donors (Lipinski definition) is 0. The third kappa shape index (κ3) is 1.99. The second-order valence-electron chi connectivity index (χ2n) is 8.39. The molecule has 7 rings (SSSR count). The van der Waals surface area contributed by atoms with Gasteiger partial charge in [0.15, 0.2) is 0 Å². The van der Waals surface area contributed by atoms with Gasteiger partial charge in [0.25, 0.3) is 12.7 Å². The molecule has 0 radical (unpaired) electrons. The molecule has 0 unspecified atom stereocenters. The van der Waals surface area contributed by atoms with Crippen LogP contribution in [0.1, 0.15) is 29.5 Å². The van der Waals surface area contributed by atoms with Crippen LogP contribution in [0.4, 0.5) is 0 Å². The molecule has 3 nitrogen and oxygen atoms in total. The highest BCUT2D eigenvalue weighted by Gasteiger charge is 2.44. The van der Waals surface area contributed by atoms with E-state index in [1.54, 1.807) is 0 Å². The van der Waals surface area contributed by atoms with Crippen molar-refractivity contribution in [1.29, 1.82) is 0 Å². The van der Waals surface area contributed by atoms with Gasteiger partial charge in [-0.1, -0.05) is 36.4 Å². The van der Waals surface area contributed by atoms with Crippen molar-refractivity contribution < 1.29 is 13.9 Å². The zero-order chi connectivity index (χ0) is 19.1. The molecule has 2 aliphatic heterocycles. The predicted octanol–water partition coefficient (Wildman–Crippen LogP) is 4.35. The molecule has 1 aromatic heterocycles. The van der Waals surface area contributed by atoms with E-state index in [1.807, 2.05) is 0 Å². The molecule has 3 heterocycles. The summed E-state index contributed by atoms with van der Waals surface area (Å²) in [6.45, 7) is 2.16. The van der Waals surface area contributed by atoms with E-state index in [2.05, 4.69) is 55.5 Å². The van der Waals surface area contributed by atoms with E-state index in [9.17, 15) is 0 Å². The molecule has 1 aliphatic carbocycles. The van der Waals surface area contributed by atoms with E-state index >= 15 is 0 Å². The summed E-state index contributed by atoms with van der Waals surface area (Å²) in [7, 11) is 0. The number of ether oxygens (including phenoxy) is 2. The van der Waals surface area contributed by atoms with Crippen LogP contribution in [0.5, 0.6) is 23.2 Å². The number of para-hydroxylation sites is 2. The first-order valence-electron chi connectivity index (χ1n) is 10.4. The van der Waals surface area contributed by atoms with Crippen LogP contribution in [0.25, 0.3) is 11.0 Å². The third-order valence-corrected chi connectivity index (χ3v) is 6.74. The van der Waals surface area contributed by atoms with Gasteiger partial charge in [-0.2, -0.15) is 0 Å². The summed E-state index contributed by atoms with van der Waals surface area (Å²) in [6, 6.07) is 17.0. The highest BCUT2D eigenvalue weighted by molar-refractivity contribution is 6.99. The maximum absolute atomic E-state index is 6.54. The van der Waals surface area contributed by atoms with Crippen LogP contribution in [-0.2, 0) is 12.8 Å². The fraction of sp³-hybridized carbons (Fsp3) is 0.200. The van der Waals surface area contributed by atoms with Crippen molar-refractivity contribution in [2.24, 2.45) is 0 Å². The van der Waals surface area contributed by atoms with E-state index in [-0.39, 0.29) is 6.71 Å². The summed E-state index contributed by atoms with van der Waals surface area (Å²) < 4.78 is 19.2. The predicted molar refractivity (Wildman–Crippen MR) is 115 cm³/mol. The van der Waals surface area contributed by atoms with Gasteiger partial charge in [-0.25, -0.2) is 0 Å². The standard InChI is InChI=1S/C25H19BO3/c1-14-7-6-10-17-21-25(29-23(14)17)28-20-13-15-8-2-3-9-16(15)24-22(20)26(21)18-11-4-5-12-19(18)27-24/h4-7,10-13H,2-3,8-9H2,1H3. The minimum Gasteiger partial charge on any atom is -0.458 e. The summed E-state index contributed by atoms with van der Waals surface area (Å²) in [5.74, 6) is 3.49. The lowest BCUT2D eigenvalue weighted by atomic mass is 9.34. The Kier molecular flexibility index (Phi) is 2.97. The lowest BCUT2D eigenvalue weighted by Gasteiger charge is -2.34. The van der Waals surface area contributed by atoms with Gasteiger partial charge in [0.2, 0.25) is 0 Å². The molecular weight excluding hydrogens is 359 g/mol. The SMILES string of the molecule is Cc1cccc2c3c(oc12)Oc1cc2c(c4c1B3c1ccccc1O4)CCCC2. The number of benzene rings is 3. The first-order valence-corrected chi connectivity index (χ1v) is 10.4. The van der Waals surface area contributed by atoms with Crippen LogP contribution < -0.4 is 25.9 Å². The Labute approximate surface area is 169 Å². The Morgan fingerprint density at radius 1 is 0.862 bits per heavy atom. The second kappa shape index (κ2) is 5.47. The molecule has 0 atom stereocenters. The molecule has 0 saturated heterocycles. The molecule has 0 spiro atoms. The molecule has 0 fully saturated rings. The monoisotopic (exact) mass is 378 g/mol. The van der Waals surface area contributed by atoms with Crippen LogP contribution >= 0.6 is 0 Å². The van der Waals surface area contributed by atoms with Gasteiger partial charge in [0.05, 0.1) is 0 Å². The molecule has 4 aromatic rings. The molecule has 3 aromatic carbocycles. The van der Waals surface area contributed by atoms with E-state index < -0.39 is 0 Å². The topological polar surface area (TPSA) is 31.6 Å².